The topological polar surface area (TPSA) is 12.0 Å². The van der Waals surface area contributed by atoms with Crippen LogP contribution in [0.1, 0.15) is 6.42 Å². The number of nitrogens with one attached hydrogen (secondary N) is 1. The molecule has 1 heterocycles. The molecule has 1 saturated carbocycles. The van der Waals surface area contributed by atoms with Gasteiger partial charge in [-0.25, -0.2) is 4.39 Å². The van der Waals surface area contributed by atoms with Crippen molar-refractivity contribution in [2.45, 2.75) is 12.1 Å². The van der Waals surface area contributed by atoms with Crippen molar-refractivity contribution in [1.29, 1.82) is 0 Å². The molecule has 1 nitrogen and oxygen atoms in total. The van der Waals surface area contributed by atoms with Crippen LogP contribution in [0.3, 0.4) is 0 Å². The van der Waals surface area contributed by atoms with Crippen LogP contribution in [0.25, 0.3) is 0 Å². The van der Waals surface area contributed by atoms with Crippen LogP contribution in [0.15, 0.2) is 0 Å². The molecule has 2 rings (SSSR count). The summed E-state index contributed by atoms with van der Waals surface area (Å²) in [5.41, 5.74) is -0.750. The molecule has 2 fully saturated rings. The van der Waals surface area contributed by atoms with Crippen molar-refractivity contribution < 1.29 is 4.39 Å². The van der Waals surface area contributed by atoms with Gasteiger partial charge >= 0.3 is 0 Å². The van der Waals surface area contributed by atoms with Crippen LogP contribution in [-0.4, -0.2) is 18.8 Å². The summed E-state index contributed by atoms with van der Waals surface area (Å²) in [5, 5.41) is 2.99. The molecule has 1 aliphatic heterocycles. The van der Waals surface area contributed by atoms with Crippen molar-refractivity contribution in [3.63, 3.8) is 0 Å². The van der Waals surface area contributed by atoms with Crippen LogP contribution in [0.5, 0.6) is 0 Å². The first-order chi connectivity index (χ1) is 3.31. The summed E-state index contributed by atoms with van der Waals surface area (Å²) >= 11 is 0. The average molecular weight is 101 g/mol. The van der Waals surface area contributed by atoms with E-state index in [-0.39, 0.29) is 0 Å². The number of rotatable bonds is 0. The molecule has 2 heteroatoms. The lowest BCUT2D eigenvalue weighted by atomic mass is 10.3. The summed E-state index contributed by atoms with van der Waals surface area (Å²) in [4.78, 5) is 0. The van der Waals surface area contributed by atoms with Gasteiger partial charge in [0.15, 0.2) is 0 Å². The van der Waals surface area contributed by atoms with Gasteiger partial charge in [0, 0.05) is 19.0 Å². The molecule has 2 aliphatic rings. The van der Waals surface area contributed by atoms with E-state index in [0.29, 0.717) is 12.5 Å². The van der Waals surface area contributed by atoms with Crippen molar-refractivity contribution in [3.05, 3.63) is 0 Å². The maximum Gasteiger partial charge on any atom is 0.128 e. The van der Waals surface area contributed by atoms with Gasteiger partial charge in [0.25, 0.3) is 0 Å². The normalized spacial score (nSPS) is 57.0. The zero-order valence-electron chi connectivity index (χ0n) is 4.08. The van der Waals surface area contributed by atoms with Crippen LogP contribution >= 0.6 is 0 Å². The standard InChI is InChI=1S/C5H8FN/c6-5-1-4(5)2-7-3-5/h4,7H,1-3H2/t4?,5-/m0/s1. The molecule has 1 aliphatic carbocycles. The molecule has 2 atom stereocenters. The highest BCUT2D eigenvalue weighted by atomic mass is 19.1. The van der Waals surface area contributed by atoms with Gasteiger partial charge in [-0.1, -0.05) is 0 Å². The van der Waals surface area contributed by atoms with Crippen molar-refractivity contribution >= 4 is 0 Å². The second-order valence-electron chi connectivity index (χ2n) is 2.57. The largest absolute Gasteiger partial charge is 0.313 e. The molecule has 1 unspecified atom stereocenters. The Morgan fingerprint density at radius 2 is 2.57 bits per heavy atom. The SMILES string of the molecule is F[C@@]12CNCC1C2. The predicted molar refractivity (Wildman–Crippen MR) is 24.8 cm³/mol. The highest BCUT2D eigenvalue weighted by molar-refractivity contribution is 5.10. The summed E-state index contributed by atoms with van der Waals surface area (Å²) < 4.78 is 12.6. The second kappa shape index (κ2) is 0.848. The maximum atomic E-state index is 12.6. The fourth-order valence-corrected chi connectivity index (χ4v) is 1.28. The van der Waals surface area contributed by atoms with Gasteiger partial charge in [0.05, 0.1) is 0 Å². The quantitative estimate of drug-likeness (QED) is 0.463. The minimum Gasteiger partial charge on any atom is -0.313 e. The van der Waals surface area contributed by atoms with Gasteiger partial charge in [0.1, 0.15) is 5.67 Å². The fraction of sp³-hybridized carbons (Fsp3) is 1.00. The van der Waals surface area contributed by atoms with E-state index in [1.165, 1.54) is 0 Å². The van der Waals surface area contributed by atoms with Gasteiger partial charge in [-0.15, -0.1) is 0 Å². The number of fused-ring (bicyclic) bond motifs is 1. The molecule has 0 aromatic heterocycles. The van der Waals surface area contributed by atoms with Gasteiger partial charge < -0.3 is 5.32 Å². The van der Waals surface area contributed by atoms with Gasteiger partial charge in [0.2, 0.25) is 0 Å². The molecule has 7 heavy (non-hydrogen) atoms. The molecule has 1 saturated heterocycles. The highest BCUT2D eigenvalue weighted by Crippen LogP contribution is 2.49. The van der Waals surface area contributed by atoms with Crippen LogP contribution in [-0.2, 0) is 0 Å². The first-order valence-electron chi connectivity index (χ1n) is 2.71. The minimum atomic E-state index is -0.750. The van der Waals surface area contributed by atoms with E-state index in [1.54, 1.807) is 0 Å². The second-order valence-corrected chi connectivity index (χ2v) is 2.57. The first-order valence-corrected chi connectivity index (χ1v) is 2.71. The van der Waals surface area contributed by atoms with E-state index < -0.39 is 5.67 Å². The molecule has 0 radical (unpaired) electrons. The molecule has 40 valence electrons. The van der Waals surface area contributed by atoms with Crippen molar-refractivity contribution in [2.24, 2.45) is 5.92 Å². The Balaban J connectivity index is 2.17. The summed E-state index contributed by atoms with van der Waals surface area (Å²) in [5.74, 6) is 0.382. The summed E-state index contributed by atoms with van der Waals surface area (Å²) in [6.07, 6.45) is 0.819. The number of piperidine rings is 1. The van der Waals surface area contributed by atoms with Crippen LogP contribution in [0.2, 0.25) is 0 Å². The van der Waals surface area contributed by atoms with Crippen molar-refractivity contribution in [2.75, 3.05) is 13.1 Å². The average Bonchev–Trinajstić information content (AvgIpc) is 2.09. The monoisotopic (exact) mass is 101 g/mol. The lowest BCUT2D eigenvalue weighted by Gasteiger charge is -1.93. The molecular weight excluding hydrogens is 93.1 g/mol. The zero-order valence-corrected chi connectivity index (χ0v) is 4.08. The summed E-state index contributed by atoms with van der Waals surface area (Å²) in [7, 11) is 0. The van der Waals surface area contributed by atoms with Crippen LogP contribution in [0, 0.1) is 5.92 Å². The third-order valence-electron chi connectivity index (χ3n) is 1.97. The Morgan fingerprint density at radius 1 is 1.71 bits per heavy atom. The van der Waals surface area contributed by atoms with Gasteiger partial charge in [-0.3, -0.25) is 0 Å². The molecular formula is C5H8FN. The maximum absolute atomic E-state index is 12.6. The highest BCUT2D eigenvalue weighted by Gasteiger charge is 2.58. The van der Waals surface area contributed by atoms with Crippen LogP contribution in [0.4, 0.5) is 4.39 Å². The van der Waals surface area contributed by atoms with Gasteiger partial charge in [-0.05, 0) is 6.42 Å². The van der Waals surface area contributed by atoms with E-state index in [0.717, 1.165) is 13.0 Å². The molecule has 0 aromatic carbocycles. The fourth-order valence-electron chi connectivity index (χ4n) is 1.28. The van der Waals surface area contributed by atoms with Crippen molar-refractivity contribution in [3.8, 4) is 0 Å². The van der Waals surface area contributed by atoms with Crippen LogP contribution < -0.4 is 5.32 Å². The van der Waals surface area contributed by atoms with E-state index in [4.69, 9.17) is 0 Å². The number of alkyl halides is 1. The lowest BCUT2D eigenvalue weighted by molar-refractivity contribution is 0.314. The Bertz CT molecular complexity index is 102. The molecule has 0 spiro atoms. The van der Waals surface area contributed by atoms with E-state index in [2.05, 4.69) is 5.32 Å². The summed E-state index contributed by atoms with van der Waals surface area (Å²) in [6.45, 7) is 1.52. The van der Waals surface area contributed by atoms with Gasteiger partial charge in [-0.2, -0.15) is 0 Å². The third-order valence-corrected chi connectivity index (χ3v) is 1.97. The lowest BCUT2D eigenvalue weighted by Crippen LogP contribution is -2.16. The minimum absolute atomic E-state index is 0.382. The third kappa shape index (κ3) is 0.353. The van der Waals surface area contributed by atoms with E-state index in [9.17, 15) is 4.39 Å². The molecule has 0 bridgehead atoms. The zero-order chi connectivity index (χ0) is 4.91. The molecule has 1 N–H and O–H groups in total. The Labute approximate surface area is 41.9 Å². The summed E-state index contributed by atoms with van der Waals surface area (Å²) in [6, 6.07) is 0. The first kappa shape index (κ1) is 3.84. The predicted octanol–water partition coefficient (Wildman–Crippen LogP) is 0.318. The molecule has 0 amide bonds. The van der Waals surface area contributed by atoms with Crippen molar-refractivity contribution in [1.82, 2.24) is 5.32 Å². The Hall–Kier alpha value is -0.110. The molecule has 0 aromatic rings. The number of hydrogen-bond donors (Lipinski definition) is 1. The smallest absolute Gasteiger partial charge is 0.128 e. The van der Waals surface area contributed by atoms with E-state index in [1.807, 2.05) is 0 Å². The van der Waals surface area contributed by atoms with E-state index >= 15 is 0 Å². The number of halogens is 1. The Morgan fingerprint density at radius 3 is 2.71 bits per heavy atom. The number of hydrogen-bond acceptors (Lipinski definition) is 1. The Kier molecular flexibility index (Phi) is 0.465.